The van der Waals surface area contributed by atoms with Crippen molar-refractivity contribution in [3.8, 4) is 17.2 Å². The SMILES string of the molecule is COc1cc(O)c2c(O)c3c(c4c2c1[C@]1(C4)C(C)=CCCC1C)[C@H](OC)[C@H]1CC(=O)C(C(N)=O)=C(O)[C@@]1(O)C3=O. The van der Waals surface area contributed by atoms with Crippen LogP contribution in [0.4, 0.5) is 0 Å². The van der Waals surface area contributed by atoms with Gasteiger partial charge in [0.05, 0.1) is 24.2 Å². The van der Waals surface area contributed by atoms with Crippen molar-refractivity contribution in [1.82, 2.24) is 0 Å². The van der Waals surface area contributed by atoms with Crippen molar-refractivity contribution in [3.63, 3.8) is 0 Å². The number of ether oxygens (including phenoxy) is 2. The number of hydrogen-bond donors (Lipinski definition) is 5. The quantitative estimate of drug-likeness (QED) is 0.284. The first-order valence-electron chi connectivity index (χ1n) is 13.2. The molecule has 0 aromatic heterocycles. The number of aliphatic hydroxyl groups excluding tert-OH is 1. The highest BCUT2D eigenvalue weighted by Gasteiger charge is 2.63. The predicted molar refractivity (Wildman–Crippen MR) is 142 cm³/mol. The second-order valence-electron chi connectivity index (χ2n) is 11.4. The highest BCUT2D eigenvalue weighted by molar-refractivity contribution is 6.23. The normalized spacial score (nSPS) is 30.9. The predicted octanol–water partition coefficient (Wildman–Crippen LogP) is 2.93. The number of aliphatic hydroxyl groups is 2. The minimum atomic E-state index is -2.76. The Balaban J connectivity index is 1.77. The summed E-state index contributed by atoms with van der Waals surface area (Å²) in [6.45, 7) is 4.18. The van der Waals surface area contributed by atoms with E-state index in [9.17, 15) is 34.8 Å². The van der Waals surface area contributed by atoms with Gasteiger partial charge in [-0.3, -0.25) is 14.4 Å². The van der Waals surface area contributed by atoms with E-state index in [1.54, 1.807) is 0 Å². The van der Waals surface area contributed by atoms with Crippen molar-refractivity contribution in [2.24, 2.45) is 17.6 Å². The molecule has 1 unspecified atom stereocenters. The summed E-state index contributed by atoms with van der Waals surface area (Å²) in [5.74, 6) is -6.04. The Morgan fingerprint density at radius 3 is 2.45 bits per heavy atom. The summed E-state index contributed by atoms with van der Waals surface area (Å²) in [6.07, 6.45) is 2.69. The smallest absolute Gasteiger partial charge is 0.255 e. The molecule has 1 spiro atoms. The first-order chi connectivity index (χ1) is 18.9. The Kier molecular flexibility index (Phi) is 5.47. The third-order valence-corrected chi connectivity index (χ3v) is 9.90. The standard InChI is InChI=1S/C30H31NO9/c1-11-6-5-7-12(2)29(11)10-13-18-20(16(33)9-17(39-3)23(18)29)24(34)22-19(13)25(40-4)14-8-15(32)21(28(31)37)26(35)30(14,38)27(22)36/h6,9,12,14,25,33-35,38H,5,7-8,10H2,1-4H3,(H2,31,37)/t12?,14-,25-,29-,30-/m1/s1. The summed E-state index contributed by atoms with van der Waals surface area (Å²) < 4.78 is 11.6. The molecule has 1 amide bonds. The number of fused-ring (bicyclic) bond motifs is 4. The number of ketones is 2. The van der Waals surface area contributed by atoms with Crippen LogP contribution in [0.1, 0.15) is 66.3 Å². The number of hydrogen-bond acceptors (Lipinski definition) is 9. The van der Waals surface area contributed by atoms with Crippen LogP contribution in [0.3, 0.4) is 0 Å². The Morgan fingerprint density at radius 2 is 1.85 bits per heavy atom. The van der Waals surface area contributed by atoms with Gasteiger partial charge in [0.1, 0.15) is 28.6 Å². The van der Waals surface area contributed by atoms with Crippen LogP contribution in [0.15, 0.2) is 29.0 Å². The van der Waals surface area contributed by atoms with Crippen molar-refractivity contribution in [2.75, 3.05) is 14.2 Å². The van der Waals surface area contributed by atoms with E-state index in [1.807, 2.05) is 6.92 Å². The van der Waals surface area contributed by atoms with E-state index in [4.69, 9.17) is 15.2 Å². The number of carbonyl (C=O) groups excluding carboxylic acids is 3. The van der Waals surface area contributed by atoms with Gasteiger partial charge in [-0.15, -0.1) is 0 Å². The van der Waals surface area contributed by atoms with Gasteiger partial charge in [0.25, 0.3) is 5.91 Å². The van der Waals surface area contributed by atoms with Crippen molar-refractivity contribution in [1.29, 1.82) is 0 Å². The monoisotopic (exact) mass is 549 g/mol. The average molecular weight is 550 g/mol. The molecule has 0 aliphatic heterocycles. The first-order valence-corrected chi connectivity index (χ1v) is 13.2. The molecule has 0 bridgehead atoms. The molecular formula is C30H31NO9. The number of phenols is 2. The maximum Gasteiger partial charge on any atom is 0.255 e. The summed E-state index contributed by atoms with van der Waals surface area (Å²) in [4.78, 5) is 39.1. The van der Waals surface area contributed by atoms with Crippen LogP contribution in [0, 0.1) is 11.8 Å². The largest absolute Gasteiger partial charge is 0.508 e. The van der Waals surface area contributed by atoms with Crippen LogP contribution >= 0.6 is 0 Å². The van der Waals surface area contributed by atoms with Crippen LogP contribution in [0.2, 0.25) is 0 Å². The van der Waals surface area contributed by atoms with Crippen molar-refractivity contribution >= 4 is 28.2 Å². The number of rotatable bonds is 3. The number of aromatic hydroxyl groups is 2. The lowest BCUT2D eigenvalue weighted by Gasteiger charge is -2.46. The zero-order chi connectivity index (χ0) is 29.0. The van der Waals surface area contributed by atoms with E-state index in [-0.39, 0.29) is 28.2 Å². The second-order valence-corrected chi connectivity index (χ2v) is 11.4. The molecule has 0 saturated carbocycles. The van der Waals surface area contributed by atoms with Crippen LogP contribution < -0.4 is 10.5 Å². The molecule has 2 aromatic rings. The summed E-state index contributed by atoms with van der Waals surface area (Å²) in [7, 11) is 2.85. The van der Waals surface area contributed by atoms with Crippen LogP contribution in [0.25, 0.3) is 10.8 Å². The number of phenolic OH excluding ortho intramolecular Hbond substituents is 2. The van der Waals surface area contributed by atoms with Gasteiger partial charge in [-0.25, -0.2) is 0 Å². The fraction of sp³-hybridized carbons (Fsp3) is 0.433. The van der Waals surface area contributed by atoms with Gasteiger partial charge in [0.2, 0.25) is 5.78 Å². The molecular weight excluding hydrogens is 518 g/mol. The van der Waals surface area contributed by atoms with E-state index in [0.29, 0.717) is 23.1 Å². The highest BCUT2D eigenvalue weighted by Crippen LogP contribution is 2.63. The molecule has 4 aliphatic carbocycles. The summed E-state index contributed by atoms with van der Waals surface area (Å²) in [6, 6.07) is 1.41. The van der Waals surface area contributed by atoms with Crippen LogP contribution in [0.5, 0.6) is 17.2 Å². The molecule has 10 nitrogen and oxygen atoms in total. The van der Waals surface area contributed by atoms with Gasteiger partial charge in [-0.2, -0.15) is 0 Å². The number of carbonyl (C=O) groups is 3. The molecule has 0 fully saturated rings. The van der Waals surface area contributed by atoms with Crippen molar-refractivity contribution in [2.45, 2.75) is 56.7 Å². The second kappa shape index (κ2) is 8.31. The third kappa shape index (κ3) is 2.82. The number of benzene rings is 2. The van der Waals surface area contributed by atoms with E-state index in [2.05, 4.69) is 13.0 Å². The van der Waals surface area contributed by atoms with Gasteiger partial charge < -0.3 is 35.6 Å². The fourth-order valence-corrected chi connectivity index (χ4v) is 8.02. The van der Waals surface area contributed by atoms with Crippen LogP contribution in [-0.4, -0.2) is 57.7 Å². The highest BCUT2D eigenvalue weighted by atomic mass is 16.5. The Hall–Kier alpha value is -3.89. The number of Topliss-reactive ketones (excluding diaryl/α,β-unsaturated/α-hetero) is 2. The summed E-state index contributed by atoms with van der Waals surface area (Å²) in [5.41, 5.74) is 3.57. The molecule has 0 heterocycles. The molecule has 6 rings (SSSR count). The van der Waals surface area contributed by atoms with E-state index in [0.717, 1.165) is 24.0 Å². The number of amides is 1. The molecule has 10 heteroatoms. The zero-order valence-electron chi connectivity index (χ0n) is 22.6. The first kappa shape index (κ1) is 26.3. The van der Waals surface area contributed by atoms with E-state index >= 15 is 0 Å². The van der Waals surface area contributed by atoms with Crippen molar-refractivity contribution in [3.05, 3.63) is 51.3 Å². The van der Waals surface area contributed by atoms with E-state index in [1.165, 1.54) is 20.3 Å². The molecule has 4 aliphatic rings. The number of allylic oxidation sites excluding steroid dienone is 2. The Bertz CT molecular complexity index is 1640. The van der Waals surface area contributed by atoms with Crippen molar-refractivity contribution < 1.29 is 44.3 Å². The lowest BCUT2D eigenvalue weighted by atomic mass is 9.61. The minimum Gasteiger partial charge on any atom is -0.508 e. The number of primary amides is 1. The maximum atomic E-state index is 14.2. The van der Waals surface area contributed by atoms with Gasteiger partial charge in [-0.1, -0.05) is 18.6 Å². The maximum absolute atomic E-state index is 14.2. The molecule has 0 radical (unpaired) electrons. The van der Waals surface area contributed by atoms with Gasteiger partial charge in [-0.05, 0) is 43.2 Å². The van der Waals surface area contributed by atoms with Crippen LogP contribution in [-0.2, 0) is 26.2 Å². The lowest BCUT2D eigenvalue weighted by molar-refractivity contribution is -0.131. The molecule has 40 heavy (non-hydrogen) atoms. The summed E-state index contributed by atoms with van der Waals surface area (Å²) in [5, 5.41) is 46.1. The molecule has 6 N–H and O–H groups in total. The molecule has 210 valence electrons. The topological polar surface area (TPSA) is 177 Å². The number of nitrogens with two attached hydrogens (primary N) is 1. The van der Waals surface area contributed by atoms with Gasteiger partial charge in [0.15, 0.2) is 11.4 Å². The van der Waals surface area contributed by atoms with Gasteiger partial charge in [0, 0.05) is 41.9 Å². The molecule has 2 aromatic carbocycles. The molecule has 5 atom stereocenters. The molecule has 0 saturated heterocycles. The fourth-order valence-electron chi connectivity index (χ4n) is 8.02. The Morgan fingerprint density at radius 1 is 1.15 bits per heavy atom. The minimum absolute atomic E-state index is 0.0164. The third-order valence-electron chi connectivity index (χ3n) is 9.90. The number of methoxy groups -OCH3 is 2. The summed E-state index contributed by atoms with van der Waals surface area (Å²) >= 11 is 0. The Labute approximate surface area is 229 Å². The van der Waals surface area contributed by atoms with Gasteiger partial charge >= 0.3 is 0 Å². The zero-order valence-corrected chi connectivity index (χ0v) is 22.6. The lowest BCUT2D eigenvalue weighted by Crippen LogP contribution is -2.58. The average Bonchev–Trinajstić information content (AvgIpc) is 3.25. The van der Waals surface area contributed by atoms with E-state index < -0.39 is 64.0 Å².